The van der Waals surface area contributed by atoms with Gasteiger partial charge in [0, 0.05) is 12.6 Å². The van der Waals surface area contributed by atoms with Crippen LogP contribution in [0.2, 0.25) is 0 Å². The second-order valence-electron chi connectivity index (χ2n) is 5.08. The monoisotopic (exact) mass is 293 g/mol. The van der Waals surface area contributed by atoms with Gasteiger partial charge >= 0.3 is 0 Å². The number of sulfone groups is 1. The number of aldehydes is 1. The van der Waals surface area contributed by atoms with Gasteiger partial charge in [-0.2, -0.15) is 0 Å². The minimum absolute atomic E-state index is 0.258. The summed E-state index contributed by atoms with van der Waals surface area (Å²) in [5.74, 6) is 0.854. The van der Waals surface area contributed by atoms with E-state index < -0.39 is 9.84 Å². The van der Waals surface area contributed by atoms with Crippen molar-refractivity contribution in [3.63, 3.8) is 0 Å². The lowest BCUT2D eigenvalue weighted by atomic mass is 10.1. The Labute approximate surface area is 116 Å². The molecule has 0 N–H and O–H groups in total. The molecule has 0 saturated carbocycles. The van der Waals surface area contributed by atoms with E-state index in [1.165, 1.54) is 0 Å². The second kappa shape index (κ2) is 4.97. The Morgan fingerprint density at radius 2 is 2.20 bits per heavy atom. The van der Waals surface area contributed by atoms with Gasteiger partial charge in [0.05, 0.1) is 16.6 Å². The SMILES string of the molecule is O=Cc1cccn2c(CC3CCCCS3(=O)=O)nnc12. The highest BCUT2D eigenvalue weighted by Gasteiger charge is 2.30. The Hall–Kier alpha value is -1.76. The lowest BCUT2D eigenvalue weighted by Crippen LogP contribution is -2.30. The van der Waals surface area contributed by atoms with Gasteiger partial charge < -0.3 is 0 Å². The van der Waals surface area contributed by atoms with Crippen molar-refractivity contribution in [2.75, 3.05) is 5.75 Å². The first kappa shape index (κ1) is 13.2. The Morgan fingerprint density at radius 3 is 2.95 bits per heavy atom. The van der Waals surface area contributed by atoms with Crippen LogP contribution >= 0.6 is 0 Å². The largest absolute Gasteiger partial charge is 0.298 e. The van der Waals surface area contributed by atoms with E-state index in [2.05, 4.69) is 10.2 Å². The van der Waals surface area contributed by atoms with Gasteiger partial charge in [0.1, 0.15) is 5.82 Å². The molecule has 7 heteroatoms. The van der Waals surface area contributed by atoms with Crippen LogP contribution in [0.3, 0.4) is 0 Å². The van der Waals surface area contributed by atoms with E-state index in [0.717, 1.165) is 19.1 Å². The number of carbonyl (C=O) groups is 1. The highest BCUT2D eigenvalue weighted by molar-refractivity contribution is 7.92. The fourth-order valence-corrected chi connectivity index (χ4v) is 4.54. The molecule has 0 aliphatic carbocycles. The molecule has 0 amide bonds. The molecule has 0 aromatic carbocycles. The maximum absolute atomic E-state index is 12.1. The molecule has 1 fully saturated rings. The zero-order valence-electron chi connectivity index (χ0n) is 10.9. The predicted molar refractivity (Wildman–Crippen MR) is 73.5 cm³/mol. The fourth-order valence-electron chi connectivity index (χ4n) is 2.67. The summed E-state index contributed by atoms with van der Waals surface area (Å²) < 4.78 is 25.8. The molecule has 106 valence electrons. The third-order valence-electron chi connectivity index (χ3n) is 3.79. The summed E-state index contributed by atoms with van der Waals surface area (Å²) in [6, 6.07) is 3.40. The fraction of sp³-hybridized carbons (Fsp3) is 0.462. The molecule has 1 aliphatic rings. The van der Waals surface area contributed by atoms with Crippen molar-refractivity contribution in [2.45, 2.75) is 30.9 Å². The van der Waals surface area contributed by atoms with Crippen molar-refractivity contribution in [3.05, 3.63) is 29.7 Å². The summed E-state index contributed by atoms with van der Waals surface area (Å²) in [7, 11) is -3.03. The second-order valence-corrected chi connectivity index (χ2v) is 7.48. The Kier molecular flexibility index (Phi) is 3.29. The van der Waals surface area contributed by atoms with E-state index in [0.29, 0.717) is 29.9 Å². The number of pyridine rings is 1. The number of hydrogen-bond acceptors (Lipinski definition) is 5. The van der Waals surface area contributed by atoms with Gasteiger partial charge in [0.2, 0.25) is 0 Å². The van der Waals surface area contributed by atoms with Crippen LogP contribution in [-0.2, 0) is 16.3 Å². The molecule has 3 heterocycles. The smallest absolute Gasteiger partial charge is 0.171 e. The number of fused-ring (bicyclic) bond motifs is 1. The molecule has 2 aromatic heterocycles. The van der Waals surface area contributed by atoms with Crippen LogP contribution in [0.15, 0.2) is 18.3 Å². The zero-order valence-corrected chi connectivity index (χ0v) is 11.7. The van der Waals surface area contributed by atoms with Gasteiger partial charge in [-0.05, 0) is 25.0 Å². The summed E-state index contributed by atoms with van der Waals surface area (Å²) in [6.45, 7) is 0. The molecular formula is C13H15N3O3S. The zero-order chi connectivity index (χ0) is 14.2. The first-order valence-electron chi connectivity index (χ1n) is 6.61. The molecule has 0 radical (unpaired) electrons. The highest BCUT2D eigenvalue weighted by Crippen LogP contribution is 2.23. The number of rotatable bonds is 3. The number of nitrogens with zero attached hydrogens (tertiary/aromatic N) is 3. The third-order valence-corrected chi connectivity index (χ3v) is 6.06. The van der Waals surface area contributed by atoms with E-state index in [-0.39, 0.29) is 11.0 Å². The van der Waals surface area contributed by atoms with Crippen LogP contribution in [-0.4, -0.2) is 40.3 Å². The van der Waals surface area contributed by atoms with Crippen LogP contribution in [0.25, 0.3) is 5.65 Å². The number of carbonyl (C=O) groups excluding carboxylic acids is 1. The summed E-state index contributed by atoms with van der Waals surface area (Å²) in [6.07, 6.45) is 5.18. The summed E-state index contributed by atoms with van der Waals surface area (Å²) in [5, 5.41) is 7.66. The van der Waals surface area contributed by atoms with Crippen molar-refractivity contribution in [1.82, 2.24) is 14.6 Å². The molecule has 2 aromatic rings. The summed E-state index contributed by atoms with van der Waals surface area (Å²) >= 11 is 0. The van der Waals surface area contributed by atoms with E-state index >= 15 is 0 Å². The van der Waals surface area contributed by atoms with Crippen molar-refractivity contribution in [3.8, 4) is 0 Å². The van der Waals surface area contributed by atoms with Crippen molar-refractivity contribution in [2.24, 2.45) is 0 Å². The number of aromatic nitrogens is 3. The molecule has 6 nitrogen and oxygen atoms in total. The van der Waals surface area contributed by atoms with Gasteiger partial charge in [-0.25, -0.2) is 8.42 Å². The van der Waals surface area contributed by atoms with Crippen LogP contribution in [0.4, 0.5) is 0 Å². The molecule has 1 atom stereocenters. The average Bonchev–Trinajstić information content (AvgIpc) is 2.84. The average molecular weight is 293 g/mol. The molecule has 20 heavy (non-hydrogen) atoms. The van der Waals surface area contributed by atoms with Crippen LogP contribution in [0.5, 0.6) is 0 Å². The van der Waals surface area contributed by atoms with Gasteiger partial charge in [-0.1, -0.05) is 6.42 Å². The van der Waals surface area contributed by atoms with E-state index in [4.69, 9.17) is 0 Å². The summed E-state index contributed by atoms with van der Waals surface area (Å²) in [4.78, 5) is 10.9. The molecule has 1 unspecified atom stereocenters. The molecule has 1 aliphatic heterocycles. The van der Waals surface area contributed by atoms with Crippen LogP contribution in [0, 0.1) is 0 Å². The minimum Gasteiger partial charge on any atom is -0.298 e. The predicted octanol–water partition coefficient (Wildman–Crippen LogP) is 1.05. The maximum atomic E-state index is 12.1. The first-order chi connectivity index (χ1) is 9.62. The highest BCUT2D eigenvalue weighted by atomic mass is 32.2. The normalized spacial score (nSPS) is 21.9. The lowest BCUT2D eigenvalue weighted by Gasteiger charge is -2.21. The Balaban J connectivity index is 1.97. The van der Waals surface area contributed by atoms with Crippen molar-refractivity contribution >= 4 is 21.8 Å². The topological polar surface area (TPSA) is 81.4 Å². The van der Waals surface area contributed by atoms with Gasteiger partial charge in [-0.15, -0.1) is 10.2 Å². The van der Waals surface area contributed by atoms with E-state index in [1.54, 1.807) is 22.7 Å². The van der Waals surface area contributed by atoms with Crippen molar-refractivity contribution in [1.29, 1.82) is 0 Å². The quantitative estimate of drug-likeness (QED) is 0.790. The Morgan fingerprint density at radius 1 is 1.35 bits per heavy atom. The van der Waals surface area contributed by atoms with E-state index in [9.17, 15) is 13.2 Å². The van der Waals surface area contributed by atoms with Crippen LogP contribution < -0.4 is 0 Å². The maximum Gasteiger partial charge on any atom is 0.171 e. The minimum atomic E-state index is -3.03. The molecule has 0 spiro atoms. The van der Waals surface area contributed by atoms with Crippen molar-refractivity contribution < 1.29 is 13.2 Å². The molecule has 1 saturated heterocycles. The Bertz CT molecular complexity index is 751. The molecule has 0 bridgehead atoms. The van der Waals surface area contributed by atoms with E-state index in [1.807, 2.05) is 0 Å². The number of hydrogen-bond donors (Lipinski definition) is 0. The van der Waals surface area contributed by atoms with Crippen LogP contribution in [0.1, 0.15) is 35.4 Å². The summed E-state index contributed by atoms with van der Waals surface area (Å²) in [5.41, 5.74) is 0.934. The third kappa shape index (κ3) is 2.22. The van der Waals surface area contributed by atoms with Gasteiger partial charge in [0.25, 0.3) is 0 Å². The molecule has 3 rings (SSSR count). The first-order valence-corrected chi connectivity index (χ1v) is 8.33. The molecular weight excluding hydrogens is 278 g/mol. The lowest BCUT2D eigenvalue weighted by molar-refractivity contribution is 0.112. The van der Waals surface area contributed by atoms with Gasteiger partial charge in [0.15, 0.2) is 21.8 Å². The van der Waals surface area contributed by atoms with Gasteiger partial charge in [-0.3, -0.25) is 9.20 Å². The standard InChI is InChI=1S/C13H15N3O3S/c17-9-10-4-3-6-16-12(14-15-13(10)16)8-11-5-1-2-7-20(11,18)19/h3-4,6,9,11H,1-2,5,7-8H2.